The molecular formula is C23H21NO. The van der Waals surface area contributed by atoms with Crippen LogP contribution in [0, 0.1) is 0 Å². The third-order valence-corrected chi connectivity index (χ3v) is 4.79. The smallest absolute Gasteiger partial charge is 0.119 e. The van der Waals surface area contributed by atoms with Crippen molar-refractivity contribution in [2.75, 3.05) is 19.1 Å². The number of anilines is 1. The molecule has 0 spiro atoms. The van der Waals surface area contributed by atoms with Gasteiger partial charge in [-0.3, -0.25) is 0 Å². The average Bonchev–Trinajstić information content (AvgIpc) is 2.67. The van der Waals surface area contributed by atoms with Gasteiger partial charge in [-0.2, -0.15) is 0 Å². The monoisotopic (exact) mass is 327 g/mol. The Morgan fingerprint density at radius 2 is 1.32 bits per heavy atom. The molecule has 0 radical (unpaired) electrons. The van der Waals surface area contributed by atoms with Crippen molar-refractivity contribution in [1.29, 1.82) is 0 Å². The fraction of sp³-hybridized carbons (Fsp3) is 0.130. The topological polar surface area (TPSA) is 12.5 Å². The van der Waals surface area contributed by atoms with Crippen LogP contribution < -0.4 is 9.64 Å². The predicted octanol–water partition coefficient (Wildman–Crippen LogP) is 5.64. The number of rotatable bonds is 4. The summed E-state index contributed by atoms with van der Waals surface area (Å²) in [5.41, 5.74) is 2.55. The van der Waals surface area contributed by atoms with Crippen LogP contribution in [0.3, 0.4) is 0 Å². The highest BCUT2D eigenvalue weighted by atomic mass is 16.5. The summed E-state index contributed by atoms with van der Waals surface area (Å²) in [6.07, 6.45) is 0. The average molecular weight is 327 g/mol. The van der Waals surface area contributed by atoms with Gasteiger partial charge in [0, 0.05) is 19.3 Å². The van der Waals surface area contributed by atoms with Crippen molar-refractivity contribution >= 4 is 27.2 Å². The minimum Gasteiger partial charge on any atom is -0.497 e. The molecule has 0 unspecified atom stereocenters. The van der Waals surface area contributed by atoms with Crippen LogP contribution in [0.2, 0.25) is 0 Å². The molecule has 2 nitrogen and oxygen atoms in total. The first-order valence-corrected chi connectivity index (χ1v) is 8.51. The zero-order valence-corrected chi connectivity index (χ0v) is 14.6. The molecule has 0 bridgehead atoms. The van der Waals surface area contributed by atoms with Crippen LogP contribution in [0.1, 0.15) is 5.56 Å². The molecule has 4 rings (SSSR count). The maximum absolute atomic E-state index is 5.26. The Morgan fingerprint density at radius 1 is 0.760 bits per heavy atom. The van der Waals surface area contributed by atoms with Crippen LogP contribution in [0.4, 0.5) is 5.69 Å². The third kappa shape index (κ3) is 2.91. The highest BCUT2D eigenvalue weighted by Crippen LogP contribution is 2.30. The fourth-order valence-electron chi connectivity index (χ4n) is 3.44. The van der Waals surface area contributed by atoms with E-state index in [-0.39, 0.29) is 0 Å². The Morgan fingerprint density at radius 3 is 1.88 bits per heavy atom. The molecule has 4 aromatic carbocycles. The Bertz CT molecular complexity index is 967. The molecule has 0 fully saturated rings. The van der Waals surface area contributed by atoms with Crippen LogP contribution in [0.25, 0.3) is 21.5 Å². The summed E-state index contributed by atoms with van der Waals surface area (Å²) in [6, 6.07) is 27.8. The van der Waals surface area contributed by atoms with Crippen LogP contribution in [0.15, 0.2) is 78.9 Å². The van der Waals surface area contributed by atoms with E-state index in [9.17, 15) is 0 Å². The summed E-state index contributed by atoms with van der Waals surface area (Å²) in [4.78, 5) is 2.29. The first-order valence-electron chi connectivity index (χ1n) is 8.51. The summed E-state index contributed by atoms with van der Waals surface area (Å²) in [5, 5.41) is 5.22. The van der Waals surface area contributed by atoms with Gasteiger partial charge in [0.1, 0.15) is 5.75 Å². The third-order valence-electron chi connectivity index (χ3n) is 4.79. The lowest BCUT2D eigenvalue weighted by atomic mass is 9.96. The summed E-state index contributed by atoms with van der Waals surface area (Å²) in [7, 11) is 3.83. The second kappa shape index (κ2) is 6.48. The zero-order valence-electron chi connectivity index (χ0n) is 14.6. The molecule has 4 aromatic rings. The van der Waals surface area contributed by atoms with Gasteiger partial charge in [-0.1, -0.05) is 48.5 Å². The molecule has 0 saturated carbocycles. The minimum atomic E-state index is 0.855. The van der Waals surface area contributed by atoms with Gasteiger partial charge in [0.25, 0.3) is 0 Å². The fourth-order valence-corrected chi connectivity index (χ4v) is 3.44. The Balaban J connectivity index is 1.80. The van der Waals surface area contributed by atoms with E-state index in [2.05, 4.69) is 78.7 Å². The largest absolute Gasteiger partial charge is 0.497 e. The van der Waals surface area contributed by atoms with Crippen molar-refractivity contribution in [3.63, 3.8) is 0 Å². The normalized spacial score (nSPS) is 11.0. The Labute approximate surface area is 148 Å². The second-order valence-electron chi connectivity index (χ2n) is 6.35. The lowest BCUT2D eigenvalue weighted by Crippen LogP contribution is -2.16. The molecule has 25 heavy (non-hydrogen) atoms. The SMILES string of the molecule is COc1ccc(N(C)Cc2c3ccccc3cc3ccccc23)cc1. The predicted molar refractivity (Wildman–Crippen MR) is 107 cm³/mol. The Kier molecular flexibility index (Phi) is 4.02. The van der Waals surface area contributed by atoms with E-state index in [1.165, 1.54) is 32.8 Å². The van der Waals surface area contributed by atoms with E-state index in [1.807, 2.05) is 12.1 Å². The van der Waals surface area contributed by atoms with Crippen molar-refractivity contribution in [2.45, 2.75) is 6.54 Å². The first kappa shape index (κ1) is 15.5. The number of methoxy groups -OCH3 is 1. The van der Waals surface area contributed by atoms with Gasteiger partial charge in [-0.15, -0.1) is 0 Å². The molecular weight excluding hydrogens is 306 g/mol. The lowest BCUT2D eigenvalue weighted by molar-refractivity contribution is 0.415. The van der Waals surface area contributed by atoms with Gasteiger partial charge < -0.3 is 9.64 Å². The molecule has 0 heterocycles. The molecule has 0 saturated heterocycles. The number of benzene rings is 4. The molecule has 0 aliphatic heterocycles. The zero-order chi connectivity index (χ0) is 17.2. The van der Waals surface area contributed by atoms with Gasteiger partial charge in [0.05, 0.1) is 7.11 Å². The Hall–Kier alpha value is -3.00. The number of hydrogen-bond acceptors (Lipinski definition) is 2. The van der Waals surface area contributed by atoms with Gasteiger partial charge in [0.15, 0.2) is 0 Å². The van der Waals surface area contributed by atoms with Crippen LogP contribution >= 0.6 is 0 Å². The van der Waals surface area contributed by atoms with E-state index < -0.39 is 0 Å². The molecule has 0 N–H and O–H groups in total. The van der Waals surface area contributed by atoms with Gasteiger partial charge in [-0.25, -0.2) is 0 Å². The second-order valence-corrected chi connectivity index (χ2v) is 6.35. The van der Waals surface area contributed by atoms with E-state index >= 15 is 0 Å². The van der Waals surface area contributed by atoms with Gasteiger partial charge in [0.2, 0.25) is 0 Å². The van der Waals surface area contributed by atoms with E-state index in [0.717, 1.165) is 12.3 Å². The van der Waals surface area contributed by atoms with Gasteiger partial charge >= 0.3 is 0 Å². The maximum Gasteiger partial charge on any atom is 0.119 e. The highest BCUT2D eigenvalue weighted by Gasteiger charge is 2.10. The summed E-state index contributed by atoms with van der Waals surface area (Å²) >= 11 is 0. The standard InChI is InChI=1S/C23H21NO/c1-24(19-11-13-20(25-2)14-12-19)16-23-21-9-5-3-7-17(21)15-18-8-4-6-10-22(18)23/h3-15H,16H2,1-2H3. The maximum atomic E-state index is 5.26. The molecule has 0 aromatic heterocycles. The number of hydrogen-bond donors (Lipinski definition) is 0. The summed E-state index contributed by atoms with van der Waals surface area (Å²) < 4.78 is 5.26. The van der Waals surface area contributed by atoms with Crippen molar-refractivity contribution < 1.29 is 4.74 Å². The quantitative estimate of drug-likeness (QED) is 0.450. The van der Waals surface area contributed by atoms with Crippen LogP contribution in [-0.2, 0) is 6.54 Å². The van der Waals surface area contributed by atoms with Crippen molar-refractivity contribution in [2.24, 2.45) is 0 Å². The van der Waals surface area contributed by atoms with E-state index in [4.69, 9.17) is 4.74 Å². The minimum absolute atomic E-state index is 0.855. The number of fused-ring (bicyclic) bond motifs is 2. The number of nitrogens with zero attached hydrogens (tertiary/aromatic N) is 1. The van der Waals surface area contributed by atoms with Crippen LogP contribution in [0.5, 0.6) is 5.75 Å². The van der Waals surface area contributed by atoms with Crippen LogP contribution in [-0.4, -0.2) is 14.2 Å². The molecule has 0 aliphatic rings. The molecule has 2 heteroatoms. The van der Waals surface area contributed by atoms with E-state index in [1.54, 1.807) is 7.11 Å². The molecule has 0 atom stereocenters. The van der Waals surface area contributed by atoms with Crippen molar-refractivity contribution in [1.82, 2.24) is 0 Å². The number of ether oxygens (including phenoxy) is 1. The lowest BCUT2D eigenvalue weighted by Gasteiger charge is -2.22. The highest BCUT2D eigenvalue weighted by molar-refractivity contribution is 6.02. The van der Waals surface area contributed by atoms with Gasteiger partial charge in [-0.05, 0) is 57.4 Å². The summed E-state index contributed by atoms with van der Waals surface area (Å²) in [5.74, 6) is 0.882. The van der Waals surface area contributed by atoms with E-state index in [0.29, 0.717) is 0 Å². The molecule has 0 amide bonds. The molecule has 124 valence electrons. The molecule has 0 aliphatic carbocycles. The summed E-state index contributed by atoms with van der Waals surface area (Å²) in [6.45, 7) is 0.855. The van der Waals surface area contributed by atoms with Crippen molar-refractivity contribution in [3.05, 3.63) is 84.4 Å². The first-order chi connectivity index (χ1) is 12.3. The van der Waals surface area contributed by atoms with Crippen molar-refractivity contribution in [3.8, 4) is 5.75 Å².